The number of nitrogens with one attached hydrogen (secondary N) is 1. The molecule has 1 rings (SSSR count). The van der Waals surface area contributed by atoms with Gasteiger partial charge < -0.3 is 4.90 Å². The molecule has 0 saturated carbocycles. The van der Waals surface area contributed by atoms with Crippen LogP contribution in [0.25, 0.3) is 0 Å². The van der Waals surface area contributed by atoms with Gasteiger partial charge in [0.15, 0.2) is 0 Å². The Bertz CT molecular complexity index is 529. The van der Waals surface area contributed by atoms with Crippen LogP contribution in [-0.4, -0.2) is 39.9 Å². The van der Waals surface area contributed by atoms with Crippen molar-refractivity contribution in [2.24, 2.45) is 0 Å². The maximum Gasteiger partial charge on any atom is 0.237 e. The summed E-state index contributed by atoms with van der Waals surface area (Å²) in [5, 5.41) is 0. The highest BCUT2D eigenvalue weighted by atomic mass is 79.9. The number of hydrogen-bond donors (Lipinski definition) is 1. The second kappa shape index (κ2) is 6.31. The number of sulfonamides is 1. The van der Waals surface area contributed by atoms with E-state index in [0.29, 0.717) is 5.56 Å². The van der Waals surface area contributed by atoms with E-state index >= 15 is 0 Å². The van der Waals surface area contributed by atoms with Gasteiger partial charge in [0, 0.05) is 18.6 Å². The van der Waals surface area contributed by atoms with E-state index in [-0.39, 0.29) is 18.2 Å². The molecule has 0 radical (unpaired) electrons. The average Bonchev–Trinajstić information content (AvgIpc) is 2.25. The van der Waals surface area contributed by atoms with E-state index in [9.17, 15) is 13.2 Å². The Kier molecular flexibility index (Phi) is 5.30. The SMILES string of the molecule is CN(C)C(=O)CNS(=O)(=O)Cc1cccc(Br)c1. The molecular formula is C11H15BrN2O3S. The van der Waals surface area contributed by atoms with Crippen LogP contribution in [0.4, 0.5) is 0 Å². The Hall–Kier alpha value is -0.920. The average molecular weight is 335 g/mol. The van der Waals surface area contributed by atoms with Crippen molar-refractivity contribution in [2.45, 2.75) is 5.75 Å². The molecule has 0 atom stereocenters. The molecule has 0 aromatic heterocycles. The topological polar surface area (TPSA) is 66.5 Å². The van der Waals surface area contributed by atoms with Crippen LogP contribution in [0.1, 0.15) is 5.56 Å². The van der Waals surface area contributed by atoms with Crippen molar-refractivity contribution in [3.63, 3.8) is 0 Å². The molecule has 1 aromatic carbocycles. The van der Waals surface area contributed by atoms with Crippen molar-refractivity contribution < 1.29 is 13.2 Å². The first-order chi connectivity index (χ1) is 8.30. The summed E-state index contributed by atoms with van der Waals surface area (Å²) in [6.07, 6.45) is 0. The van der Waals surface area contributed by atoms with Crippen molar-refractivity contribution in [2.75, 3.05) is 20.6 Å². The molecule has 100 valence electrons. The number of carbonyl (C=O) groups excluding carboxylic acids is 1. The van der Waals surface area contributed by atoms with Gasteiger partial charge in [0.1, 0.15) is 0 Å². The summed E-state index contributed by atoms with van der Waals surface area (Å²) in [4.78, 5) is 12.6. The van der Waals surface area contributed by atoms with Gasteiger partial charge in [-0.3, -0.25) is 4.79 Å². The molecule has 0 bridgehead atoms. The van der Waals surface area contributed by atoms with Crippen LogP contribution in [0, 0.1) is 0 Å². The van der Waals surface area contributed by atoms with Gasteiger partial charge in [-0.1, -0.05) is 28.1 Å². The number of halogens is 1. The second-order valence-corrected chi connectivity index (χ2v) is 6.72. The number of benzene rings is 1. The highest BCUT2D eigenvalue weighted by molar-refractivity contribution is 9.10. The van der Waals surface area contributed by atoms with E-state index in [4.69, 9.17) is 0 Å². The van der Waals surface area contributed by atoms with E-state index in [2.05, 4.69) is 20.7 Å². The summed E-state index contributed by atoms with van der Waals surface area (Å²) < 4.78 is 26.6. The number of likely N-dealkylation sites (N-methyl/N-ethyl adjacent to an activating group) is 1. The predicted molar refractivity (Wildman–Crippen MR) is 73.5 cm³/mol. The van der Waals surface area contributed by atoms with Gasteiger partial charge in [0.05, 0.1) is 12.3 Å². The second-order valence-electron chi connectivity index (χ2n) is 4.00. The lowest BCUT2D eigenvalue weighted by Gasteiger charge is -2.11. The van der Waals surface area contributed by atoms with Gasteiger partial charge in [-0.2, -0.15) is 0 Å². The number of nitrogens with zero attached hydrogens (tertiary/aromatic N) is 1. The number of amides is 1. The molecule has 0 aliphatic rings. The van der Waals surface area contributed by atoms with Crippen molar-refractivity contribution in [1.29, 1.82) is 0 Å². The molecule has 0 spiro atoms. The standard InChI is InChI=1S/C11H15BrN2O3S/c1-14(2)11(15)7-13-18(16,17)8-9-4-3-5-10(12)6-9/h3-6,13H,7-8H2,1-2H3. The molecule has 1 amide bonds. The molecule has 0 aliphatic heterocycles. The Morgan fingerprint density at radius 1 is 1.39 bits per heavy atom. The Balaban J connectivity index is 2.63. The largest absolute Gasteiger partial charge is 0.348 e. The Labute approximate surface area is 115 Å². The van der Waals surface area contributed by atoms with Gasteiger partial charge in [-0.15, -0.1) is 0 Å². The van der Waals surface area contributed by atoms with Crippen LogP contribution >= 0.6 is 15.9 Å². The minimum Gasteiger partial charge on any atom is -0.348 e. The van der Waals surface area contributed by atoms with Crippen molar-refractivity contribution in [3.05, 3.63) is 34.3 Å². The fourth-order valence-corrected chi connectivity index (χ4v) is 2.74. The molecule has 1 aromatic rings. The van der Waals surface area contributed by atoms with Crippen molar-refractivity contribution in [3.8, 4) is 0 Å². The van der Waals surface area contributed by atoms with Crippen LogP contribution in [0.15, 0.2) is 28.7 Å². The fourth-order valence-electron chi connectivity index (χ4n) is 1.23. The Morgan fingerprint density at radius 2 is 2.06 bits per heavy atom. The normalized spacial score (nSPS) is 11.3. The third-order valence-corrected chi connectivity index (χ3v) is 3.98. The maximum absolute atomic E-state index is 11.7. The molecule has 0 saturated heterocycles. The summed E-state index contributed by atoms with van der Waals surface area (Å²) in [6, 6.07) is 7.03. The molecule has 18 heavy (non-hydrogen) atoms. The van der Waals surface area contributed by atoms with Crippen LogP contribution in [0.3, 0.4) is 0 Å². The molecule has 1 N–H and O–H groups in total. The smallest absolute Gasteiger partial charge is 0.237 e. The van der Waals surface area contributed by atoms with Crippen molar-refractivity contribution >= 4 is 31.9 Å². The molecule has 0 fully saturated rings. The Morgan fingerprint density at radius 3 is 2.61 bits per heavy atom. The molecule has 0 heterocycles. The first-order valence-electron chi connectivity index (χ1n) is 5.22. The lowest BCUT2D eigenvalue weighted by Crippen LogP contribution is -2.36. The van der Waals surface area contributed by atoms with E-state index in [1.165, 1.54) is 4.90 Å². The van der Waals surface area contributed by atoms with Crippen LogP contribution in [0.5, 0.6) is 0 Å². The summed E-state index contributed by atoms with van der Waals surface area (Å²) in [7, 11) is -0.350. The third kappa shape index (κ3) is 5.16. The summed E-state index contributed by atoms with van der Waals surface area (Å²) >= 11 is 3.27. The van der Waals surface area contributed by atoms with Gasteiger partial charge in [-0.25, -0.2) is 13.1 Å². The summed E-state index contributed by atoms with van der Waals surface area (Å²) in [6.45, 7) is -0.219. The number of rotatable bonds is 5. The first-order valence-corrected chi connectivity index (χ1v) is 7.66. The van der Waals surface area contributed by atoms with Gasteiger partial charge in [0.2, 0.25) is 15.9 Å². The predicted octanol–water partition coefficient (Wildman–Crippen LogP) is 0.957. The fraction of sp³-hybridized carbons (Fsp3) is 0.364. The van der Waals surface area contributed by atoms with Crippen LogP contribution in [0.2, 0.25) is 0 Å². The van der Waals surface area contributed by atoms with Gasteiger partial charge in [0.25, 0.3) is 0 Å². The van der Waals surface area contributed by atoms with Crippen LogP contribution in [-0.2, 0) is 20.6 Å². The highest BCUT2D eigenvalue weighted by Crippen LogP contribution is 2.13. The molecule has 0 unspecified atom stereocenters. The minimum absolute atomic E-state index is 0.146. The molecular weight excluding hydrogens is 320 g/mol. The maximum atomic E-state index is 11.7. The van der Waals surface area contributed by atoms with Gasteiger partial charge >= 0.3 is 0 Å². The quantitative estimate of drug-likeness (QED) is 0.872. The zero-order chi connectivity index (χ0) is 13.8. The lowest BCUT2D eigenvalue weighted by molar-refractivity contribution is -0.127. The van der Waals surface area contributed by atoms with Crippen molar-refractivity contribution in [1.82, 2.24) is 9.62 Å². The van der Waals surface area contributed by atoms with E-state index in [1.807, 2.05) is 6.07 Å². The summed E-state index contributed by atoms with van der Waals surface area (Å²) in [5.74, 6) is -0.430. The van der Waals surface area contributed by atoms with E-state index in [1.54, 1.807) is 32.3 Å². The minimum atomic E-state index is -3.50. The van der Waals surface area contributed by atoms with E-state index < -0.39 is 10.0 Å². The number of carbonyl (C=O) groups is 1. The zero-order valence-corrected chi connectivity index (χ0v) is 12.6. The third-order valence-electron chi connectivity index (χ3n) is 2.19. The lowest BCUT2D eigenvalue weighted by atomic mass is 10.2. The zero-order valence-electron chi connectivity index (χ0n) is 10.2. The van der Waals surface area contributed by atoms with Gasteiger partial charge in [-0.05, 0) is 17.7 Å². The first kappa shape index (κ1) is 15.1. The summed E-state index contributed by atoms with van der Waals surface area (Å²) in [5.41, 5.74) is 0.661. The monoisotopic (exact) mass is 334 g/mol. The van der Waals surface area contributed by atoms with Crippen LogP contribution < -0.4 is 4.72 Å². The number of hydrogen-bond acceptors (Lipinski definition) is 3. The molecule has 5 nitrogen and oxygen atoms in total. The molecule has 7 heteroatoms. The molecule has 0 aliphatic carbocycles. The highest BCUT2D eigenvalue weighted by Gasteiger charge is 2.14. The van der Waals surface area contributed by atoms with E-state index in [0.717, 1.165) is 4.47 Å².